The minimum atomic E-state index is -1.03. The van der Waals surface area contributed by atoms with Crippen molar-refractivity contribution in [3.63, 3.8) is 0 Å². The van der Waals surface area contributed by atoms with Crippen molar-refractivity contribution in [3.05, 3.63) is 71.9 Å². The third-order valence-electron chi connectivity index (χ3n) is 5.27. The van der Waals surface area contributed by atoms with Gasteiger partial charge in [-0.05, 0) is 36.8 Å². The van der Waals surface area contributed by atoms with Crippen molar-refractivity contribution in [1.29, 1.82) is 0 Å². The van der Waals surface area contributed by atoms with Gasteiger partial charge in [0.2, 0.25) is 0 Å². The van der Waals surface area contributed by atoms with Crippen molar-refractivity contribution in [2.75, 3.05) is 23.3 Å². The van der Waals surface area contributed by atoms with E-state index in [1.807, 2.05) is 4.90 Å². The van der Waals surface area contributed by atoms with Crippen LogP contribution < -0.4 is 16.0 Å². The lowest BCUT2D eigenvalue weighted by atomic mass is 10.0. The molecule has 0 amide bonds. The van der Waals surface area contributed by atoms with Crippen molar-refractivity contribution in [1.82, 2.24) is 9.97 Å². The molecule has 0 saturated carbocycles. The topological polar surface area (TPSA) is 67.1 Å². The summed E-state index contributed by atoms with van der Waals surface area (Å²) < 4.78 is 56.2. The van der Waals surface area contributed by atoms with E-state index in [0.717, 1.165) is 23.9 Å². The molecule has 1 aliphatic heterocycles. The molecule has 162 valence electrons. The molecule has 0 spiro atoms. The lowest BCUT2D eigenvalue weighted by molar-refractivity contribution is 0.244. The third-order valence-corrected chi connectivity index (χ3v) is 5.27. The van der Waals surface area contributed by atoms with Crippen LogP contribution in [-0.2, 0) is 6.54 Å². The van der Waals surface area contributed by atoms with Crippen molar-refractivity contribution in [2.45, 2.75) is 25.2 Å². The van der Waals surface area contributed by atoms with Crippen LogP contribution in [0.5, 0.6) is 0 Å². The highest BCUT2D eigenvalue weighted by atomic mass is 19.1. The number of benzene rings is 1. The number of pyridine rings is 2. The largest absolute Gasteiger partial charge is 0.376 e. The van der Waals surface area contributed by atoms with E-state index in [9.17, 15) is 17.6 Å². The second-order valence-electron chi connectivity index (χ2n) is 7.39. The Morgan fingerprint density at radius 3 is 2.58 bits per heavy atom. The average molecular weight is 431 g/mol. The number of hydrogen-bond acceptors (Lipinski definition) is 5. The van der Waals surface area contributed by atoms with Gasteiger partial charge in [-0.25, -0.2) is 22.5 Å². The van der Waals surface area contributed by atoms with Crippen LogP contribution >= 0.6 is 0 Å². The molecule has 2 unspecified atom stereocenters. The quantitative estimate of drug-likeness (QED) is 0.597. The molecule has 1 fully saturated rings. The number of hydrogen-bond donors (Lipinski definition) is 2. The van der Waals surface area contributed by atoms with Gasteiger partial charge in [-0.15, -0.1) is 0 Å². The molecule has 5 nitrogen and oxygen atoms in total. The van der Waals surface area contributed by atoms with Crippen molar-refractivity contribution in [3.8, 4) is 11.3 Å². The van der Waals surface area contributed by atoms with Gasteiger partial charge in [-0.3, -0.25) is 4.98 Å². The summed E-state index contributed by atoms with van der Waals surface area (Å²) in [5.41, 5.74) is 6.82. The van der Waals surface area contributed by atoms with Gasteiger partial charge >= 0.3 is 0 Å². The first-order valence-electron chi connectivity index (χ1n) is 9.86. The first-order chi connectivity index (χ1) is 14.9. The molecule has 0 aliphatic carbocycles. The Kier molecular flexibility index (Phi) is 6.03. The Morgan fingerprint density at radius 1 is 1.06 bits per heavy atom. The van der Waals surface area contributed by atoms with Crippen LogP contribution in [0.2, 0.25) is 0 Å². The van der Waals surface area contributed by atoms with Crippen LogP contribution in [-0.4, -0.2) is 35.3 Å². The van der Waals surface area contributed by atoms with Crippen LogP contribution in [0.1, 0.15) is 12.1 Å². The van der Waals surface area contributed by atoms with Crippen molar-refractivity contribution >= 4 is 11.4 Å². The standard InChI is InChI=1S/C22H21F4N5/c23-14-7-9-31(12-18(14)27)20-6-8-28-11-19(20)29-10-13-4-5-17(26)22(30-13)21-15(24)2-1-3-16(21)25/h1-6,8,11,14,18,29H,7,9-10,12,27H2. The lowest BCUT2D eigenvalue weighted by Crippen LogP contribution is -2.49. The zero-order valence-corrected chi connectivity index (χ0v) is 16.5. The van der Waals surface area contributed by atoms with E-state index in [2.05, 4.69) is 15.3 Å². The highest BCUT2D eigenvalue weighted by Gasteiger charge is 2.27. The molecule has 1 aromatic carbocycles. The predicted octanol–water partition coefficient (Wildman–Crippen LogP) is 4.05. The number of rotatable bonds is 5. The maximum absolute atomic E-state index is 14.3. The molecule has 3 aromatic rings. The summed E-state index contributed by atoms with van der Waals surface area (Å²) in [5, 5.41) is 3.17. The zero-order valence-electron chi connectivity index (χ0n) is 16.5. The van der Waals surface area contributed by atoms with Crippen LogP contribution in [0.4, 0.5) is 28.9 Å². The van der Waals surface area contributed by atoms with Gasteiger partial charge in [-0.2, -0.15) is 0 Å². The number of nitrogens with zero attached hydrogens (tertiary/aromatic N) is 3. The van der Waals surface area contributed by atoms with E-state index < -0.39 is 40.9 Å². The molecule has 3 heterocycles. The fourth-order valence-electron chi connectivity index (χ4n) is 3.64. The highest BCUT2D eigenvalue weighted by Crippen LogP contribution is 2.29. The summed E-state index contributed by atoms with van der Waals surface area (Å²) in [6.07, 6.45) is 2.54. The number of nitrogens with two attached hydrogens (primary N) is 1. The molecule has 1 saturated heterocycles. The first kappa shape index (κ1) is 21.0. The van der Waals surface area contributed by atoms with E-state index in [1.165, 1.54) is 12.1 Å². The Morgan fingerprint density at radius 2 is 1.84 bits per heavy atom. The predicted molar refractivity (Wildman–Crippen MR) is 111 cm³/mol. The zero-order chi connectivity index (χ0) is 22.0. The smallest absolute Gasteiger partial charge is 0.149 e. The maximum atomic E-state index is 14.3. The van der Waals surface area contributed by atoms with Gasteiger partial charge in [0.05, 0.1) is 41.4 Å². The molecular weight excluding hydrogens is 410 g/mol. The van der Waals surface area contributed by atoms with Crippen LogP contribution in [0, 0.1) is 17.5 Å². The fourth-order valence-corrected chi connectivity index (χ4v) is 3.64. The molecule has 4 rings (SSSR count). The molecular formula is C22H21F4N5. The first-order valence-corrected chi connectivity index (χ1v) is 9.86. The molecule has 2 aromatic heterocycles. The molecule has 9 heteroatoms. The second kappa shape index (κ2) is 8.89. The Balaban J connectivity index is 1.56. The summed E-state index contributed by atoms with van der Waals surface area (Å²) in [7, 11) is 0. The molecule has 31 heavy (non-hydrogen) atoms. The molecule has 0 radical (unpaired) electrons. The molecule has 1 aliphatic rings. The van der Waals surface area contributed by atoms with Crippen molar-refractivity contribution < 1.29 is 17.6 Å². The van der Waals surface area contributed by atoms with Crippen LogP contribution in [0.3, 0.4) is 0 Å². The summed E-state index contributed by atoms with van der Waals surface area (Å²) in [5.74, 6) is -2.60. The summed E-state index contributed by atoms with van der Waals surface area (Å²) in [4.78, 5) is 10.2. The van der Waals surface area contributed by atoms with E-state index >= 15 is 0 Å². The van der Waals surface area contributed by atoms with Gasteiger partial charge in [0, 0.05) is 19.3 Å². The lowest BCUT2D eigenvalue weighted by Gasteiger charge is -2.35. The SMILES string of the molecule is NC1CN(c2ccncc2NCc2ccc(F)c(-c3c(F)cccc3F)n2)CCC1F. The minimum Gasteiger partial charge on any atom is -0.376 e. The van der Waals surface area contributed by atoms with Gasteiger partial charge in [-0.1, -0.05) is 6.07 Å². The van der Waals surface area contributed by atoms with Gasteiger partial charge in [0.15, 0.2) is 0 Å². The van der Waals surface area contributed by atoms with Gasteiger partial charge in [0.1, 0.15) is 29.3 Å². The molecule has 3 N–H and O–H groups in total. The number of anilines is 2. The Bertz CT molecular complexity index is 1060. The van der Waals surface area contributed by atoms with E-state index in [4.69, 9.17) is 5.73 Å². The van der Waals surface area contributed by atoms with E-state index in [-0.39, 0.29) is 6.54 Å². The van der Waals surface area contributed by atoms with Gasteiger partial charge < -0.3 is 16.0 Å². The normalized spacial score (nSPS) is 18.8. The minimum absolute atomic E-state index is 0.160. The summed E-state index contributed by atoms with van der Waals surface area (Å²) >= 11 is 0. The third kappa shape index (κ3) is 4.46. The fraction of sp³-hybridized carbons (Fsp3) is 0.273. The number of aromatic nitrogens is 2. The molecule has 0 bridgehead atoms. The molecule has 2 atom stereocenters. The van der Waals surface area contributed by atoms with Gasteiger partial charge in [0.25, 0.3) is 0 Å². The maximum Gasteiger partial charge on any atom is 0.149 e. The summed E-state index contributed by atoms with van der Waals surface area (Å²) in [6, 6.07) is 7.10. The van der Waals surface area contributed by atoms with Crippen molar-refractivity contribution in [2.24, 2.45) is 5.73 Å². The Hall–Kier alpha value is -3.20. The highest BCUT2D eigenvalue weighted by molar-refractivity contribution is 5.69. The summed E-state index contributed by atoms with van der Waals surface area (Å²) in [6.45, 7) is 1.04. The average Bonchev–Trinajstić information content (AvgIpc) is 2.76. The van der Waals surface area contributed by atoms with Crippen LogP contribution in [0.25, 0.3) is 11.3 Å². The number of alkyl halides is 1. The number of halogens is 4. The second-order valence-corrected chi connectivity index (χ2v) is 7.39. The van der Waals surface area contributed by atoms with Crippen LogP contribution in [0.15, 0.2) is 48.8 Å². The van der Waals surface area contributed by atoms with E-state index in [1.54, 1.807) is 18.5 Å². The Labute approximate surface area is 176 Å². The monoisotopic (exact) mass is 431 g/mol. The van der Waals surface area contributed by atoms with E-state index in [0.29, 0.717) is 30.9 Å². The number of nitrogens with one attached hydrogen (secondary N) is 1. The number of piperidine rings is 1.